The maximum atomic E-state index is 13.0. The minimum absolute atomic E-state index is 0.0720. The fourth-order valence-electron chi connectivity index (χ4n) is 11.0. The van der Waals surface area contributed by atoms with Crippen molar-refractivity contribution in [1.29, 1.82) is 0 Å². The molecule has 0 radical (unpaired) electrons. The third-order valence-electron chi connectivity index (χ3n) is 16.5. The molecule has 0 amide bonds. The molecule has 1 atom stereocenters. The van der Waals surface area contributed by atoms with Gasteiger partial charge in [0.15, 0.2) is 6.10 Å². The summed E-state index contributed by atoms with van der Waals surface area (Å²) in [4.78, 5) is 38.5. The van der Waals surface area contributed by atoms with Gasteiger partial charge < -0.3 is 14.2 Å². The lowest BCUT2D eigenvalue weighted by atomic mass is 10.0. The molecular weight excluding hydrogens is 1020 g/mol. The largest absolute Gasteiger partial charge is 0.462 e. The number of hydrogen-bond donors (Lipinski definition) is 0. The monoisotopic (exact) mass is 1160 g/mol. The van der Waals surface area contributed by atoms with E-state index in [4.69, 9.17) is 14.2 Å². The molecule has 0 saturated carbocycles. The van der Waals surface area contributed by atoms with Crippen LogP contribution in [0.1, 0.15) is 393 Å². The quantitative estimate of drug-likeness (QED) is 0.0261. The van der Waals surface area contributed by atoms with Crippen LogP contribution in [-0.2, 0) is 28.6 Å². The van der Waals surface area contributed by atoms with E-state index in [1.807, 2.05) is 0 Å². The first-order valence-electron chi connectivity index (χ1n) is 36.8. The number of rotatable bonds is 68. The number of carbonyl (C=O) groups is 3. The molecule has 0 aliphatic rings. The minimum Gasteiger partial charge on any atom is -0.462 e. The first kappa shape index (κ1) is 80.1. The van der Waals surface area contributed by atoms with Gasteiger partial charge in [-0.05, 0) is 83.5 Å². The summed E-state index contributed by atoms with van der Waals surface area (Å²) < 4.78 is 17.0. The molecule has 6 nitrogen and oxygen atoms in total. The molecular formula is C77H140O6. The van der Waals surface area contributed by atoms with Gasteiger partial charge in [-0.15, -0.1) is 0 Å². The first-order valence-corrected chi connectivity index (χ1v) is 36.8. The Bertz CT molecular complexity index is 1470. The summed E-state index contributed by atoms with van der Waals surface area (Å²) in [7, 11) is 0. The second-order valence-corrected chi connectivity index (χ2v) is 24.8. The van der Waals surface area contributed by atoms with E-state index in [1.165, 1.54) is 270 Å². The van der Waals surface area contributed by atoms with Crippen molar-refractivity contribution < 1.29 is 28.6 Å². The number of hydrogen-bond acceptors (Lipinski definition) is 6. The zero-order valence-corrected chi connectivity index (χ0v) is 55.7. The van der Waals surface area contributed by atoms with Crippen LogP contribution in [0.4, 0.5) is 0 Å². The highest BCUT2D eigenvalue weighted by Gasteiger charge is 2.19. The summed E-state index contributed by atoms with van der Waals surface area (Å²) in [5, 5.41) is 0. The zero-order valence-electron chi connectivity index (χ0n) is 55.7. The summed E-state index contributed by atoms with van der Waals surface area (Å²) >= 11 is 0. The van der Waals surface area contributed by atoms with Gasteiger partial charge in [-0.3, -0.25) is 14.4 Å². The molecule has 0 spiro atoms. The molecule has 83 heavy (non-hydrogen) atoms. The van der Waals surface area contributed by atoms with Crippen molar-refractivity contribution in [2.45, 2.75) is 399 Å². The molecule has 0 aromatic carbocycles. The average molecular weight is 1160 g/mol. The van der Waals surface area contributed by atoms with Gasteiger partial charge in [0.25, 0.3) is 0 Å². The molecule has 0 saturated heterocycles. The predicted octanol–water partition coefficient (Wildman–Crippen LogP) is 25.5. The Labute approximate surface area is 517 Å². The van der Waals surface area contributed by atoms with Crippen LogP contribution < -0.4 is 0 Å². The number of carbonyl (C=O) groups excluding carboxylic acids is 3. The lowest BCUT2D eigenvalue weighted by Gasteiger charge is -2.18. The van der Waals surface area contributed by atoms with Crippen LogP contribution in [0.2, 0.25) is 0 Å². The fraction of sp³-hybridized carbons (Fsp3) is 0.831. The zero-order chi connectivity index (χ0) is 59.9. The maximum Gasteiger partial charge on any atom is 0.306 e. The lowest BCUT2D eigenvalue weighted by Crippen LogP contribution is -2.30. The van der Waals surface area contributed by atoms with E-state index in [9.17, 15) is 14.4 Å². The number of ether oxygens (including phenoxy) is 3. The van der Waals surface area contributed by atoms with Gasteiger partial charge in [-0.1, -0.05) is 351 Å². The van der Waals surface area contributed by atoms with Gasteiger partial charge in [-0.25, -0.2) is 0 Å². The maximum absolute atomic E-state index is 13.0. The molecule has 0 fully saturated rings. The Hall–Kier alpha value is -2.89. The summed E-state index contributed by atoms with van der Waals surface area (Å²) in [5.41, 5.74) is 0. The van der Waals surface area contributed by atoms with E-state index in [0.29, 0.717) is 19.3 Å². The predicted molar refractivity (Wildman–Crippen MR) is 362 cm³/mol. The first-order chi connectivity index (χ1) is 41.0. The molecule has 0 N–H and O–H groups in total. The Balaban J connectivity index is 4.30. The Morgan fingerprint density at radius 2 is 0.470 bits per heavy atom. The Morgan fingerprint density at radius 3 is 0.747 bits per heavy atom. The number of allylic oxidation sites excluding steroid dienone is 10. The minimum atomic E-state index is -0.776. The van der Waals surface area contributed by atoms with E-state index in [2.05, 4.69) is 81.5 Å². The average Bonchev–Trinajstić information content (AvgIpc) is 3.49. The third kappa shape index (κ3) is 69.8. The van der Waals surface area contributed by atoms with Crippen LogP contribution in [0.25, 0.3) is 0 Å². The molecule has 0 aromatic heterocycles. The summed E-state index contributed by atoms with van der Waals surface area (Å²) in [6, 6.07) is 0. The van der Waals surface area contributed by atoms with Crippen LogP contribution in [0.3, 0.4) is 0 Å². The van der Waals surface area contributed by atoms with Crippen LogP contribution in [-0.4, -0.2) is 37.2 Å². The van der Waals surface area contributed by atoms with Crippen LogP contribution in [0, 0.1) is 0 Å². The van der Waals surface area contributed by atoms with Crippen molar-refractivity contribution in [3.63, 3.8) is 0 Å². The van der Waals surface area contributed by atoms with Gasteiger partial charge in [0, 0.05) is 19.3 Å². The molecule has 0 rings (SSSR count). The van der Waals surface area contributed by atoms with Gasteiger partial charge in [0.2, 0.25) is 0 Å². The Kier molecular flexibility index (Phi) is 69.1. The van der Waals surface area contributed by atoms with Crippen molar-refractivity contribution >= 4 is 17.9 Å². The smallest absolute Gasteiger partial charge is 0.306 e. The van der Waals surface area contributed by atoms with Gasteiger partial charge >= 0.3 is 17.9 Å². The second-order valence-electron chi connectivity index (χ2n) is 24.8. The molecule has 1 unspecified atom stereocenters. The van der Waals surface area contributed by atoms with Crippen molar-refractivity contribution in [3.05, 3.63) is 60.8 Å². The van der Waals surface area contributed by atoms with E-state index >= 15 is 0 Å². The van der Waals surface area contributed by atoms with E-state index < -0.39 is 6.10 Å². The van der Waals surface area contributed by atoms with Crippen molar-refractivity contribution in [2.75, 3.05) is 13.2 Å². The molecule has 0 heterocycles. The highest BCUT2D eigenvalue weighted by atomic mass is 16.6. The lowest BCUT2D eigenvalue weighted by molar-refractivity contribution is -0.167. The molecule has 6 heteroatoms. The van der Waals surface area contributed by atoms with Crippen molar-refractivity contribution in [2.24, 2.45) is 0 Å². The Morgan fingerprint density at radius 1 is 0.253 bits per heavy atom. The second kappa shape index (κ2) is 71.6. The van der Waals surface area contributed by atoms with Gasteiger partial charge in [0.1, 0.15) is 13.2 Å². The molecule has 0 aliphatic carbocycles. The van der Waals surface area contributed by atoms with Gasteiger partial charge in [0.05, 0.1) is 0 Å². The van der Waals surface area contributed by atoms with Crippen LogP contribution in [0.5, 0.6) is 0 Å². The van der Waals surface area contributed by atoms with E-state index in [0.717, 1.165) is 83.5 Å². The SMILES string of the molecule is CC/C=C\C/C=C\C/C=C\C/C=C\CCCCCCCCCCCCCCC(=O)OCC(COC(=O)CCCCCCCCC/C=C\CCCCCCCC)OC(=O)CCCCCCCCCCCCCCCCCCCCCCCCC. The van der Waals surface area contributed by atoms with E-state index in [1.54, 1.807) is 0 Å². The highest BCUT2D eigenvalue weighted by Crippen LogP contribution is 2.19. The van der Waals surface area contributed by atoms with Crippen molar-refractivity contribution in [3.8, 4) is 0 Å². The normalized spacial score (nSPS) is 12.4. The summed E-state index contributed by atoms with van der Waals surface area (Å²) in [6.45, 7) is 6.59. The molecule has 484 valence electrons. The number of esters is 3. The standard InChI is InChI=1S/C77H140O6/c1-4-7-10-13-16-19-22-25-28-31-33-35-37-38-40-41-43-46-49-52-55-58-61-64-67-70-76(79)82-73-74(72-81-75(78)69-66-63-60-57-54-51-48-45-30-27-24-21-18-15-12-9-6-3)83-77(80)71-68-65-62-59-56-53-50-47-44-42-39-36-34-32-29-26-23-20-17-14-11-8-5-2/h7,10,16,19,25,27-28,30,33,35,74H,4-6,8-9,11-15,17-18,20-24,26,29,31-32,34,36-73H2,1-3H3/b10-7-,19-16-,28-25-,30-27-,35-33-. The molecule has 0 aliphatic heterocycles. The van der Waals surface area contributed by atoms with Gasteiger partial charge in [-0.2, -0.15) is 0 Å². The van der Waals surface area contributed by atoms with Crippen LogP contribution in [0.15, 0.2) is 60.8 Å². The van der Waals surface area contributed by atoms with E-state index in [-0.39, 0.29) is 31.1 Å². The van der Waals surface area contributed by atoms with Crippen LogP contribution >= 0.6 is 0 Å². The molecule has 0 aromatic rings. The summed E-state index contributed by atoms with van der Waals surface area (Å²) in [5.74, 6) is -0.849. The topological polar surface area (TPSA) is 78.9 Å². The molecule has 0 bridgehead atoms. The highest BCUT2D eigenvalue weighted by molar-refractivity contribution is 5.71. The third-order valence-corrected chi connectivity index (χ3v) is 16.5. The summed E-state index contributed by atoms with van der Waals surface area (Å²) in [6.07, 6.45) is 92.5. The number of unbranched alkanes of at least 4 members (excludes halogenated alkanes) is 47. The fourth-order valence-corrected chi connectivity index (χ4v) is 11.0. The van der Waals surface area contributed by atoms with Crippen molar-refractivity contribution in [1.82, 2.24) is 0 Å².